The smallest absolute Gasteiger partial charge is 0.274 e. The summed E-state index contributed by atoms with van der Waals surface area (Å²) in [5.41, 5.74) is 4.74. The Morgan fingerprint density at radius 3 is 2.82 bits per heavy atom. The molecule has 1 aliphatic heterocycles. The molecule has 0 N–H and O–H groups in total. The van der Waals surface area contributed by atoms with E-state index in [2.05, 4.69) is 54.0 Å². The number of anilines is 1. The average Bonchev–Trinajstić information content (AvgIpc) is 3.12. The Morgan fingerprint density at radius 1 is 1.29 bits per heavy atom. The Labute approximate surface area is 169 Å². The van der Waals surface area contributed by atoms with Gasteiger partial charge in [0.25, 0.3) is 5.91 Å². The van der Waals surface area contributed by atoms with E-state index in [1.54, 1.807) is 23.0 Å². The highest BCUT2D eigenvalue weighted by atomic mass is 35.5. The van der Waals surface area contributed by atoms with E-state index < -0.39 is 0 Å². The highest BCUT2D eigenvalue weighted by molar-refractivity contribution is 6.30. The Kier molecular flexibility index (Phi) is 4.98. The molecule has 3 aromatic rings. The second-order valence-corrected chi connectivity index (χ2v) is 7.52. The molecule has 1 aromatic carbocycles. The molecule has 0 saturated heterocycles. The van der Waals surface area contributed by atoms with Gasteiger partial charge in [-0.15, -0.1) is 0 Å². The predicted octanol–water partition coefficient (Wildman–Crippen LogP) is 3.99. The Balaban J connectivity index is 1.64. The SMILES string of the molecule is CCN(CC)c1ccc2c(c1)C(C)N(C(=O)c1cc3ncc(Cl)cn3n1)CC2. The van der Waals surface area contributed by atoms with Crippen LogP contribution >= 0.6 is 11.6 Å². The maximum absolute atomic E-state index is 13.2. The van der Waals surface area contributed by atoms with Crippen LogP contribution in [0.25, 0.3) is 5.65 Å². The van der Waals surface area contributed by atoms with Crippen molar-refractivity contribution in [1.29, 1.82) is 0 Å². The molecule has 7 heteroatoms. The maximum atomic E-state index is 13.2. The van der Waals surface area contributed by atoms with Crippen molar-refractivity contribution >= 4 is 28.8 Å². The zero-order valence-electron chi connectivity index (χ0n) is 16.4. The highest BCUT2D eigenvalue weighted by Gasteiger charge is 2.30. The van der Waals surface area contributed by atoms with Crippen molar-refractivity contribution in [1.82, 2.24) is 19.5 Å². The lowest BCUT2D eigenvalue weighted by molar-refractivity contribution is 0.0671. The fourth-order valence-electron chi connectivity index (χ4n) is 3.97. The van der Waals surface area contributed by atoms with Gasteiger partial charge in [0.2, 0.25) is 0 Å². The van der Waals surface area contributed by atoms with Crippen LogP contribution in [0.2, 0.25) is 5.02 Å². The molecular weight excluding hydrogens is 374 g/mol. The van der Waals surface area contributed by atoms with Crippen LogP contribution in [0.1, 0.15) is 48.4 Å². The third-order valence-electron chi connectivity index (χ3n) is 5.56. The van der Waals surface area contributed by atoms with Gasteiger partial charge in [0, 0.05) is 37.6 Å². The molecule has 2 aromatic heterocycles. The molecule has 4 rings (SSSR count). The van der Waals surface area contributed by atoms with Gasteiger partial charge in [-0.25, -0.2) is 9.50 Å². The normalized spacial score (nSPS) is 16.3. The van der Waals surface area contributed by atoms with Crippen LogP contribution in [0.15, 0.2) is 36.7 Å². The van der Waals surface area contributed by atoms with Gasteiger partial charge >= 0.3 is 0 Å². The minimum atomic E-state index is -0.0759. The number of carbonyl (C=O) groups is 1. The summed E-state index contributed by atoms with van der Waals surface area (Å²) in [5, 5.41) is 4.87. The number of aromatic nitrogens is 3. The minimum absolute atomic E-state index is 0.00637. The zero-order chi connectivity index (χ0) is 19.8. The van der Waals surface area contributed by atoms with Crippen molar-refractivity contribution in [3.05, 3.63) is 58.5 Å². The Morgan fingerprint density at radius 2 is 2.07 bits per heavy atom. The fourth-order valence-corrected chi connectivity index (χ4v) is 4.11. The molecule has 28 heavy (non-hydrogen) atoms. The largest absolute Gasteiger partial charge is 0.372 e. The van der Waals surface area contributed by atoms with Crippen molar-refractivity contribution in [2.75, 3.05) is 24.5 Å². The number of hydrogen-bond donors (Lipinski definition) is 0. The lowest BCUT2D eigenvalue weighted by Crippen LogP contribution is -2.39. The monoisotopic (exact) mass is 397 g/mol. The number of amides is 1. The first-order chi connectivity index (χ1) is 13.5. The Bertz CT molecular complexity index is 1030. The van der Waals surface area contributed by atoms with E-state index in [0.717, 1.165) is 19.5 Å². The molecule has 6 nitrogen and oxygen atoms in total. The number of fused-ring (bicyclic) bond motifs is 2. The summed E-state index contributed by atoms with van der Waals surface area (Å²) in [4.78, 5) is 21.6. The summed E-state index contributed by atoms with van der Waals surface area (Å²) >= 11 is 5.98. The number of benzene rings is 1. The molecule has 0 radical (unpaired) electrons. The molecule has 0 bridgehead atoms. The fraction of sp³-hybridized carbons (Fsp3) is 0.381. The second kappa shape index (κ2) is 7.43. The third-order valence-corrected chi connectivity index (χ3v) is 5.75. The third kappa shape index (κ3) is 3.22. The average molecular weight is 398 g/mol. The summed E-state index contributed by atoms with van der Waals surface area (Å²) in [5.74, 6) is -0.0759. The van der Waals surface area contributed by atoms with Crippen LogP contribution in [0, 0.1) is 0 Å². The van der Waals surface area contributed by atoms with Gasteiger partial charge < -0.3 is 9.80 Å². The van der Waals surface area contributed by atoms with Gasteiger partial charge in [-0.05, 0) is 50.5 Å². The van der Waals surface area contributed by atoms with Crippen LogP contribution in [-0.4, -0.2) is 45.0 Å². The lowest BCUT2D eigenvalue weighted by atomic mass is 9.92. The van der Waals surface area contributed by atoms with Crippen LogP contribution in [-0.2, 0) is 6.42 Å². The molecule has 0 fully saturated rings. The van der Waals surface area contributed by atoms with Gasteiger partial charge in [0.15, 0.2) is 11.3 Å². The van der Waals surface area contributed by atoms with Crippen LogP contribution in [0.5, 0.6) is 0 Å². The van der Waals surface area contributed by atoms with E-state index in [1.807, 2.05) is 4.90 Å². The Hall–Kier alpha value is -2.60. The molecule has 1 aliphatic rings. The van der Waals surface area contributed by atoms with Crippen molar-refractivity contribution < 1.29 is 4.79 Å². The first-order valence-corrected chi connectivity index (χ1v) is 10.1. The summed E-state index contributed by atoms with van der Waals surface area (Å²) < 4.78 is 1.55. The number of rotatable bonds is 4. The van der Waals surface area contributed by atoms with E-state index in [4.69, 9.17) is 11.6 Å². The molecule has 1 amide bonds. The molecule has 3 heterocycles. The van der Waals surface area contributed by atoms with Crippen LogP contribution in [0.4, 0.5) is 5.69 Å². The molecule has 0 spiro atoms. The topological polar surface area (TPSA) is 53.7 Å². The van der Waals surface area contributed by atoms with Crippen molar-refractivity contribution in [3.63, 3.8) is 0 Å². The van der Waals surface area contributed by atoms with E-state index in [-0.39, 0.29) is 11.9 Å². The minimum Gasteiger partial charge on any atom is -0.372 e. The van der Waals surface area contributed by atoms with Crippen LogP contribution < -0.4 is 4.90 Å². The molecular formula is C21H24ClN5O. The summed E-state index contributed by atoms with van der Waals surface area (Å²) in [6.07, 6.45) is 4.06. The van der Waals surface area contributed by atoms with Gasteiger partial charge in [-0.1, -0.05) is 17.7 Å². The van der Waals surface area contributed by atoms with Crippen molar-refractivity contribution in [2.45, 2.75) is 33.2 Å². The van der Waals surface area contributed by atoms with Gasteiger partial charge in [-0.2, -0.15) is 5.10 Å². The van der Waals surface area contributed by atoms with E-state index in [1.165, 1.54) is 16.8 Å². The molecule has 0 saturated carbocycles. The number of nitrogens with zero attached hydrogens (tertiary/aromatic N) is 5. The number of hydrogen-bond acceptors (Lipinski definition) is 4. The molecule has 146 valence electrons. The standard InChI is InChI=1S/C21H24ClN5O/c1-4-25(5-2)17-7-6-15-8-9-26(14(3)18(15)10-17)21(28)19-11-20-23-12-16(22)13-27(20)24-19/h6-7,10-14H,4-5,8-9H2,1-3H3. The second-order valence-electron chi connectivity index (χ2n) is 7.08. The number of halogens is 1. The van der Waals surface area contributed by atoms with E-state index in [0.29, 0.717) is 22.9 Å². The summed E-state index contributed by atoms with van der Waals surface area (Å²) in [7, 11) is 0. The maximum Gasteiger partial charge on any atom is 0.274 e. The van der Waals surface area contributed by atoms with Gasteiger partial charge in [0.05, 0.1) is 17.3 Å². The first kappa shape index (κ1) is 18.7. The van der Waals surface area contributed by atoms with Crippen molar-refractivity contribution in [2.24, 2.45) is 0 Å². The molecule has 1 unspecified atom stereocenters. The van der Waals surface area contributed by atoms with E-state index in [9.17, 15) is 4.79 Å². The van der Waals surface area contributed by atoms with Crippen molar-refractivity contribution in [3.8, 4) is 0 Å². The summed E-state index contributed by atoms with van der Waals surface area (Å²) in [6, 6.07) is 8.34. The number of carbonyl (C=O) groups excluding carboxylic acids is 1. The summed E-state index contributed by atoms with van der Waals surface area (Å²) in [6.45, 7) is 9.01. The highest BCUT2D eigenvalue weighted by Crippen LogP contribution is 2.33. The van der Waals surface area contributed by atoms with Gasteiger partial charge in [-0.3, -0.25) is 4.79 Å². The molecule has 0 aliphatic carbocycles. The quantitative estimate of drug-likeness (QED) is 0.668. The van der Waals surface area contributed by atoms with Gasteiger partial charge in [0.1, 0.15) is 0 Å². The first-order valence-electron chi connectivity index (χ1n) is 9.71. The zero-order valence-corrected chi connectivity index (χ0v) is 17.1. The van der Waals surface area contributed by atoms with Crippen LogP contribution in [0.3, 0.4) is 0 Å². The van der Waals surface area contributed by atoms with E-state index >= 15 is 0 Å². The lowest BCUT2D eigenvalue weighted by Gasteiger charge is -2.36. The predicted molar refractivity (Wildman–Crippen MR) is 111 cm³/mol. The molecule has 1 atom stereocenters.